The lowest BCUT2D eigenvalue weighted by Gasteiger charge is -2.25. The van der Waals surface area contributed by atoms with Crippen LogP contribution in [0.15, 0.2) is 0 Å². The van der Waals surface area contributed by atoms with Crippen LogP contribution in [0.2, 0.25) is 0 Å². The Bertz CT molecular complexity index is 212. The van der Waals surface area contributed by atoms with Gasteiger partial charge in [-0.3, -0.25) is 4.79 Å². The number of rotatable bonds is 7. The summed E-state index contributed by atoms with van der Waals surface area (Å²) in [6.45, 7) is 11.9. The molecule has 1 atom stereocenters. The quantitative estimate of drug-likeness (QED) is 0.701. The fourth-order valence-corrected chi connectivity index (χ4v) is 1.48. The van der Waals surface area contributed by atoms with Crippen LogP contribution >= 0.6 is 0 Å². The van der Waals surface area contributed by atoms with Crippen LogP contribution in [0.1, 0.15) is 47.5 Å². The summed E-state index contributed by atoms with van der Waals surface area (Å²) in [6, 6.07) is 0. The third kappa shape index (κ3) is 6.11. The fraction of sp³-hybridized carbons (Fsp3) is 0.923. The molecule has 1 unspecified atom stereocenters. The molecule has 0 aromatic rings. The SMILES string of the molecule is CCC(C)(C)CNC(=O)C(CN)CC(C)C. The van der Waals surface area contributed by atoms with Crippen molar-refractivity contribution in [3.8, 4) is 0 Å². The summed E-state index contributed by atoms with van der Waals surface area (Å²) in [5.41, 5.74) is 5.81. The smallest absolute Gasteiger partial charge is 0.224 e. The van der Waals surface area contributed by atoms with Crippen molar-refractivity contribution in [2.24, 2.45) is 23.0 Å². The standard InChI is InChI=1S/C13H28N2O/c1-6-13(4,5)9-15-12(16)11(8-14)7-10(2)3/h10-11H,6-9,14H2,1-5H3,(H,15,16). The zero-order valence-corrected chi connectivity index (χ0v) is 11.5. The van der Waals surface area contributed by atoms with Gasteiger partial charge < -0.3 is 11.1 Å². The Labute approximate surface area is 100 Å². The van der Waals surface area contributed by atoms with E-state index in [2.05, 4.69) is 39.9 Å². The summed E-state index contributed by atoms with van der Waals surface area (Å²) < 4.78 is 0. The van der Waals surface area contributed by atoms with E-state index in [4.69, 9.17) is 5.73 Å². The van der Waals surface area contributed by atoms with Crippen LogP contribution in [0.5, 0.6) is 0 Å². The van der Waals surface area contributed by atoms with Gasteiger partial charge in [0.1, 0.15) is 0 Å². The first kappa shape index (κ1) is 15.4. The molecule has 0 spiro atoms. The molecule has 3 nitrogen and oxygen atoms in total. The summed E-state index contributed by atoms with van der Waals surface area (Å²) >= 11 is 0. The predicted molar refractivity (Wildman–Crippen MR) is 69.1 cm³/mol. The molecule has 0 radical (unpaired) electrons. The Kier molecular flexibility index (Phi) is 6.65. The highest BCUT2D eigenvalue weighted by molar-refractivity contribution is 5.78. The molecule has 0 aromatic heterocycles. The maximum Gasteiger partial charge on any atom is 0.224 e. The van der Waals surface area contributed by atoms with Gasteiger partial charge in [-0.15, -0.1) is 0 Å². The maximum atomic E-state index is 11.9. The highest BCUT2D eigenvalue weighted by Gasteiger charge is 2.21. The number of carbonyl (C=O) groups is 1. The maximum absolute atomic E-state index is 11.9. The van der Waals surface area contributed by atoms with Crippen molar-refractivity contribution in [2.75, 3.05) is 13.1 Å². The van der Waals surface area contributed by atoms with Gasteiger partial charge in [-0.05, 0) is 24.2 Å². The minimum absolute atomic E-state index is 0.0346. The fourth-order valence-electron chi connectivity index (χ4n) is 1.48. The third-order valence-electron chi connectivity index (χ3n) is 3.11. The van der Waals surface area contributed by atoms with E-state index in [9.17, 15) is 4.79 Å². The average molecular weight is 228 g/mol. The van der Waals surface area contributed by atoms with Gasteiger partial charge in [0.25, 0.3) is 0 Å². The van der Waals surface area contributed by atoms with E-state index in [-0.39, 0.29) is 17.2 Å². The summed E-state index contributed by atoms with van der Waals surface area (Å²) in [6.07, 6.45) is 1.93. The molecule has 0 aliphatic rings. The van der Waals surface area contributed by atoms with Crippen LogP contribution in [0.25, 0.3) is 0 Å². The van der Waals surface area contributed by atoms with Crippen LogP contribution in [0, 0.1) is 17.3 Å². The van der Waals surface area contributed by atoms with E-state index in [0.717, 1.165) is 19.4 Å². The minimum Gasteiger partial charge on any atom is -0.355 e. The Balaban J connectivity index is 4.12. The second-order valence-corrected chi connectivity index (χ2v) is 5.80. The van der Waals surface area contributed by atoms with Crippen molar-refractivity contribution >= 4 is 5.91 Å². The molecular weight excluding hydrogens is 200 g/mol. The van der Waals surface area contributed by atoms with Crippen LogP contribution in [0.3, 0.4) is 0 Å². The van der Waals surface area contributed by atoms with Crippen molar-refractivity contribution in [3.05, 3.63) is 0 Å². The molecule has 96 valence electrons. The van der Waals surface area contributed by atoms with Gasteiger partial charge in [0, 0.05) is 13.1 Å². The van der Waals surface area contributed by atoms with E-state index in [1.54, 1.807) is 0 Å². The lowest BCUT2D eigenvalue weighted by molar-refractivity contribution is -0.125. The molecule has 0 rings (SSSR count). The zero-order valence-electron chi connectivity index (χ0n) is 11.5. The molecule has 16 heavy (non-hydrogen) atoms. The van der Waals surface area contributed by atoms with E-state index >= 15 is 0 Å². The van der Waals surface area contributed by atoms with E-state index in [1.165, 1.54) is 0 Å². The van der Waals surface area contributed by atoms with E-state index in [0.29, 0.717) is 12.5 Å². The van der Waals surface area contributed by atoms with Crippen molar-refractivity contribution in [2.45, 2.75) is 47.5 Å². The second kappa shape index (κ2) is 6.89. The van der Waals surface area contributed by atoms with E-state index in [1.807, 2.05) is 0 Å². The van der Waals surface area contributed by atoms with Gasteiger partial charge in [-0.1, -0.05) is 34.6 Å². The van der Waals surface area contributed by atoms with Gasteiger partial charge in [0.05, 0.1) is 5.92 Å². The third-order valence-corrected chi connectivity index (χ3v) is 3.11. The van der Waals surface area contributed by atoms with Gasteiger partial charge in [-0.2, -0.15) is 0 Å². The Hall–Kier alpha value is -0.570. The Morgan fingerprint density at radius 1 is 1.38 bits per heavy atom. The molecule has 0 heterocycles. The largest absolute Gasteiger partial charge is 0.355 e. The minimum atomic E-state index is -0.0346. The molecule has 0 fully saturated rings. The second-order valence-electron chi connectivity index (χ2n) is 5.80. The number of hydrogen-bond acceptors (Lipinski definition) is 2. The topological polar surface area (TPSA) is 55.1 Å². The first-order valence-electron chi connectivity index (χ1n) is 6.30. The molecule has 0 saturated heterocycles. The highest BCUT2D eigenvalue weighted by atomic mass is 16.1. The molecule has 3 heteroatoms. The highest BCUT2D eigenvalue weighted by Crippen LogP contribution is 2.18. The number of carbonyl (C=O) groups excluding carboxylic acids is 1. The lowest BCUT2D eigenvalue weighted by Crippen LogP contribution is -2.40. The molecule has 3 N–H and O–H groups in total. The monoisotopic (exact) mass is 228 g/mol. The molecule has 0 saturated carbocycles. The van der Waals surface area contributed by atoms with Gasteiger partial charge in [-0.25, -0.2) is 0 Å². The average Bonchev–Trinajstić information content (AvgIpc) is 2.22. The number of hydrogen-bond donors (Lipinski definition) is 2. The summed E-state index contributed by atoms with van der Waals surface area (Å²) in [7, 11) is 0. The van der Waals surface area contributed by atoms with Gasteiger partial charge >= 0.3 is 0 Å². The van der Waals surface area contributed by atoms with Crippen molar-refractivity contribution in [3.63, 3.8) is 0 Å². The molecule has 0 aromatic carbocycles. The van der Waals surface area contributed by atoms with Gasteiger partial charge in [0.2, 0.25) is 5.91 Å². The summed E-state index contributed by atoms with van der Waals surface area (Å²) in [5, 5.41) is 3.01. The lowest BCUT2D eigenvalue weighted by atomic mass is 9.89. The van der Waals surface area contributed by atoms with Crippen molar-refractivity contribution in [1.82, 2.24) is 5.32 Å². The normalized spacial score (nSPS) is 13.9. The predicted octanol–water partition coefficient (Wildman–Crippen LogP) is 2.16. The van der Waals surface area contributed by atoms with Crippen LogP contribution < -0.4 is 11.1 Å². The Morgan fingerprint density at radius 3 is 2.31 bits per heavy atom. The molecular formula is C13H28N2O. The Morgan fingerprint density at radius 2 is 1.94 bits per heavy atom. The summed E-state index contributed by atoms with van der Waals surface area (Å²) in [4.78, 5) is 11.9. The van der Waals surface area contributed by atoms with E-state index < -0.39 is 0 Å². The molecule has 0 bridgehead atoms. The van der Waals surface area contributed by atoms with Crippen LogP contribution in [-0.2, 0) is 4.79 Å². The first-order valence-corrected chi connectivity index (χ1v) is 6.30. The first-order chi connectivity index (χ1) is 7.32. The molecule has 0 aliphatic carbocycles. The zero-order chi connectivity index (χ0) is 12.8. The molecule has 1 amide bonds. The van der Waals surface area contributed by atoms with Crippen molar-refractivity contribution in [1.29, 1.82) is 0 Å². The van der Waals surface area contributed by atoms with Crippen molar-refractivity contribution < 1.29 is 4.79 Å². The number of amides is 1. The summed E-state index contributed by atoms with van der Waals surface area (Å²) in [5.74, 6) is 0.587. The van der Waals surface area contributed by atoms with Gasteiger partial charge in [0.15, 0.2) is 0 Å². The number of nitrogens with one attached hydrogen (secondary N) is 1. The van der Waals surface area contributed by atoms with Crippen LogP contribution in [0.4, 0.5) is 0 Å². The number of nitrogens with two attached hydrogens (primary N) is 1. The van der Waals surface area contributed by atoms with Crippen LogP contribution in [-0.4, -0.2) is 19.0 Å². The molecule has 0 aliphatic heterocycles.